The van der Waals surface area contributed by atoms with Crippen LogP contribution in [0.5, 0.6) is 11.8 Å². The molecule has 0 fully saturated rings. The second-order valence-corrected chi connectivity index (χ2v) is 21.0. The summed E-state index contributed by atoms with van der Waals surface area (Å²) in [7, 11) is -6.20. The van der Waals surface area contributed by atoms with Crippen molar-refractivity contribution < 1.29 is 68.9 Å². The van der Waals surface area contributed by atoms with Gasteiger partial charge in [0.15, 0.2) is 5.03 Å². The number of carbonyl (C=O) groups excluding carboxylic acids is 2. The van der Waals surface area contributed by atoms with E-state index >= 15 is 0 Å². The summed E-state index contributed by atoms with van der Waals surface area (Å²) in [6, 6.07) is 5.21. The zero-order valence-corrected chi connectivity index (χ0v) is 40.4. The van der Waals surface area contributed by atoms with E-state index in [1.165, 1.54) is 70.6 Å². The normalized spacial score (nSPS) is 11.9. The molecule has 0 aliphatic carbocycles. The number of rotatable bonds is 14. The van der Waals surface area contributed by atoms with Gasteiger partial charge in [0.1, 0.15) is 13.4 Å². The molecule has 0 saturated carbocycles. The van der Waals surface area contributed by atoms with E-state index in [-0.39, 0.29) is 55.1 Å². The molecule has 0 bridgehead atoms. The van der Waals surface area contributed by atoms with Crippen LogP contribution in [0.15, 0.2) is 46.3 Å². The summed E-state index contributed by atoms with van der Waals surface area (Å²) >= 11 is 11.8. The van der Waals surface area contributed by atoms with Crippen molar-refractivity contribution in [3.8, 4) is 17.4 Å². The van der Waals surface area contributed by atoms with Gasteiger partial charge in [-0.1, -0.05) is 23.2 Å². The Morgan fingerprint density at radius 3 is 2.03 bits per heavy atom. The second-order valence-electron chi connectivity index (χ2n) is 12.8. The maximum atomic E-state index is 12.8. The third-order valence-electron chi connectivity index (χ3n) is 6.54. The van der Waals surface area contributed by atoms with Gasteiger partial charge in [-0.15, -0.1) is 5.10 Å². The maximum Gasteiger partial charge on any atom is 0.355 e. The molecule has 65 heavy (non-hydrogen) atoms. The summed E-state index contributed by atoms with van der Waals surface area (Å²) in [5.41, 5.74) is -1.46. The number of nitrogens with one attached hydrogen (secondary N) is 4. The molecule has 0 radical (unpaired) electrons. The topological polar surface area (TPSA) is 348 Å². The van der Waals surface area contributed by atoms with Crippen molar-refractivity contribution in [1.29, 1.82) is 0 Å². The van der Waals surface area contributed by atoms with Crippen molar-refractivity contribution in [3.05, 3.63) is 68.4 Å². The molecule has 362 valence electrons. The van der Waals surface area contributed by atoms with Crippen molar-refractivity contribution in [1.82, 2.24) is 44.2 Å². The van der Waals surface area contributed by atoms with Crippen molar-refractivity contribution in [3.63, 3.8) is 0 Å². The number of aryl methyl sites for hydroxylation is 1. The number of benzene rings is 1. The number of alkyl halides is 2. The highest BCUT2D eigenvalue weighted by atomic mass is 35.5. The molecule has 4 aromatic rings. The highest BCUT2D eigenvalue weighted by Crippen LogP contribution is 2.32. The van der Waals surface area contributed by atoms with Gasteiger partial charge in [0.2, 0.25) is 27.7 Å². The van der Waals surface area contributed by atoms with Gasteiger partial charge in [-0.25, -0.2) is 32.3 Å². The fourth-order valence-corrected chi connectivity index (χ4v) is 6.68. The molecule has 6 N–H and O–H groups in total. The van der Waals surface area contributed by atoms with Crippen LogP contribution in [-0.4, -0.2) is 145 Å². The molecule has 1 unspecified atom stereocenters. The molecule has 33 heteroatoms. The van der Waals surface area contributed by atoms with Crippen LogP contribution in [-0.2, 0) is 40.3 Å². The third kappa shape index (κ3) is 20.2. The fraction of sp³-hybridized carbons (Fsp3) is 0.375. The zero-order valence-electron chi connectivity index (χ0n) is 35.6. The quantitative estimate of drug-likeness (QED) is 0.0762. The molecule has 1 atom stereocenters. The summed E-state index contributed by atoms with van der Waals surface area (Å²) in [5, 5.41) is 15.2. The van der Waals surface area contributed by atoms with Gasteiger partial charge in [0.05, 0.1) is 85.1 Å². The van der Waals surface area contributed by atoms with Crippen molar-refractivity contribution in [2.45, 2.75) is 18.5 Å². The fourth-order valence-electron chi connectivity index (χ4n) is 4.11. The van der Waals surface area contributed by atoms with E-state index in [4.69, 9.17) is 42.7 Å². The van der Waals surface area contributed by atoms with Crippen LogP contribution in [0.2, 0.25) is 10.0 Å². The molecule has 0 spiro atoms. The molecule has 3 aromatic heterocycles. The number of carbonyl (C=O) groups is 3. The lowest BCUT2D eigenvalue weighted by atomic mass is 10.2. The number of carboxylic acids is 1. The van der Waals surface area contributed by atoms with E-state index in [1.54, 1.807) is 4.72 Å². The predicted octanol–water partition coefficient (Wildman–Crippen LogP) is 1.17. The third-order valence-corrected chi connectivity index (χ3v) is 9.65. The lowest BCUT2D eigenvalue weighted by Crippen LogP contribution is -2.36. The van der Waals surface area contributed by atoms with Crippen LogP contribution in [0.25, 0.3) is 5.69 Å². The number of methoxy groups -OCH3 is 2. The number of hydrogen-bond donors (Lipinski definition) is 6. The molecule has 25 nitrogen and oxygen atoms in total. The van der Waals surface area contributed by atoms with Gasteiger partial charge in [0.25, 0.3) is 15.9 Å². The van der Waals surface area contributed by atoms with E-state index in [2.05, 4.69) is 48.9 Å². The molecule has 0 aliphatic heterocycles. The van der Waals surface area contributed by atoms with E-state index in [0.717, 1.165) is 12.3 Å². The number of hydrogen-bond acceptors (Lipinski definition) is 17. The first kappa shape index (κ1) is 57.8. The molecule has 1 aromatic carbocycles. The number of sulfonamides is 2. The Morgan fingerprint density at radius 2 is 1.58 bits per heavy atom. The number of aromatic nitrogens is 6. The van der Waals surface area contributed by atoms with Gasteiger partial charge in [-0.3, -0.25) is 24.9 Å². The van der Waals surface area contributed by atoms with Crippen LogP contribution in [0, 0.1) is 6.92 Å². The van der Waals surface area contributed by atoms with Crippen LogP contribution in [0.4, 0.5) is 25.2 Å². The Labute approximate surface area is 383 Å². The second kappa shape index (κ2) is 25.5. The number of pyridine rings is 1. The van der Waals surface area contributed by atoms with Gasteiger partial charge >= 0.3 is 24.2 Å². The van der Waals surface area contributed by atoms with Gasteiger partial charge in [-0.05, 0) is 42.1 Å². The van der Waals surface area contributed by atoms with E-state index in [1.807, 2.05) is 5.32 Å². The number of carboxylic acid groups (broad SMARTS) is 1. The first-order valence-corrected chi connectivity index (χ1v) is 25.5. The van der Waals surface area contributed by atoms with Crippen LogP contribution in [0.1, 0.15) is 22.7 Å². The number of aliphatic carboxylic acids is 1. The average molecular weight is 1040 g/mol. The molecular weight excluding hydrogens is 998 g/mol. The number of nitrogens with zero attached hydrogens (tertiary/aromatic N) is 7. The first-order chi connectivity index (χ1) is 29.8. The highest BCUT2D eigenvalue weighted by Gasteiger charge is 2.27. The lowest BCUT2D eigenvalue weighted by molar-refractivity contribution is -0.193. The predicted molar refractivity (Wildman–Crippen MR) is 234 cm³/mol. The molecule has 4 rings (SSSR count). The van der Waals surface area contributed by atoms with E-state index in [9.17, 15) is 54.3 Å². The molecule has 0 saturated heterocycles. The Hall–Kier alpha value is -5.20. The van der Waals surface area contributed by atoms with Gasteiger partial charge in [0, 0.05) is 20.3 Å². The van der Waals surface area contributed by atoms with Crippen LogP contribution < -0.4 is 40.1 Å². The van der Waals surface area contributed by atoms with E-state index in [0.29, 0.717) is 15.6 Å². The number of ether oxygens (including phenoxy) is 2. The largest absolute Gasteiger partial charge is 0.778 e. The lowest BCUT2D eigenvalue weighted by Gasteiger charge is -2.14. The SMILES string of the molecule is COc1cc(OC)nc(NC(=O)NS(=O)(=O)c2ncccc2C(=O)N(C)C)n1.C[S+](C)C.Cc1nn(-c2cc(NS(C)(=O)=O)c(Cl)cc2Cl)c(=O)n1C(F)F.O=C(O)CNCP(=O)([O-])O. The Bertz CT molecular complexity index is 2610. The molecule has 3 heterocycles. The van der Waals surface area contributed by atoms with Crippen LogP contribution >= 0.6 is 30.8 Å². The maximum absolute atomic E-state index is 12.8. The summed E-state index contributed by atoms with van der Waals surface area (Å²) in [6.45, 7) is -2.33. The average Bonchev–Trinajstić information content (AvgIpc) is 3.47. The first-order valence-electron chi connectivity index (χ1n) is 17.2. The summed E-state index contributed by atoms with van der Waals surface area (Å²) < 4.78 is 97.9. The number of anilines is 2. The standard InChI is InChI=1S/C15H18N6O6S.C11H10Cl2F2N4O3S.C3H8NO5P.C3H9S/c1-21(2)13(22)9-6-5-7-16-12(9)28(24,25)20-15(23)19-14-17-10(26-3)8-11(18-14)27-4;1-5-16-19(11(20)18(5)10(14)15)9-4-8(17-23(2,21)22)6(12)3-7(9)13;5-3(6)1-4-2-10(7,8)9;1-4(2)3/h5-8H,1-4H3,(H2,17,18,19,20,23);3-4,10,17H,1-2H3;4H,1-2H2,(H,5,6)(H2,7,8,9);1-3H3/q;;;+1/p-1. The van der Waals surface area contributed by atoms with Crippen molar-refractivity contribution in [2.24, 2.45) is 0 Å². The molecule has 3 amide bonds. The Balaban J connectivity index is 0.000000510. The van der Waals surface area contributed by atoms with Crippen molar-refractivity contribution >= 4 is 91.3 Å². The monoisotopic (exact) mass is 1040 g/mol. The van der Waals surface area contributed by atoms with Gasteiger partial charge < -0.3 is 33.8 Å². The number of urea groups is 1. The Morgan fingerprint density at radius 1 is 1.03 bits per heavy atom. The Kier molecular flexibility index (Phi) is 22.7. The minimum Gasteiger partial charge on any atom is -0.778 e. The molecular formula is C32H44Cl2F2N11O14PS3. The summed E-state index contributed by atoms with van der Waals surface area (Å²) in [4.78, 5) is 76.7. The molecule has 0 aliphatic rings. The van der Waals surface area contributed by atoms with Gasteiger partial charge in [-0.2, -0.15) is 31.8 Å². The summed E-state index contributed by atoms with van der Waals surface area (Å²) in [6.07, 6.45) is 7.97. The van der Waals surface area contributed by atoms with Crippen molar-refractivity contribution in [2.75, 3.05) is 76.2 Å². The van der Waals surface area contributed by atoms with Crippen LogP contribution in [0.3, 0.4) is 0 Å². The number of halogens is 4. The number of amides is 3. The van der Waals surface area contributed by atoms with E-state index < -0.39 is 75.6 Å². The highest BCUT2D eigenvalue weighted by molar-refractivity contribution is 7.94. The minimum atomic E-state index is -4.46. The summed E-state index contributed by atoms with van der Waals surface area (Å²) in [5.74, 6) is -2.06. The smallest absolute Gasteiger partial charge is 0.355 e. The zero-order chi connectivity index (χ0) is 50.2. The minimum absolute atomic E-state index is 0.0257.